The normalized spacial score (nSPS) is 16.2. The monoisotopic (exact) mass is 357 g/mol. The van der Waals surface area contributed by atoms with E-state index in [-0.39, 0.29) is 6.04 Å². The van der Waals surface area contributed by atoms with E-state index in [1.807, 2.05) is 18.3 Å². The molecule has 0 bridgehead atoms. The van der Waals surface area contributed by atoms with E-state index in [0.717, 1.165) is 43.0 Å². The minimum absolute atomic E-state index is 0.0337. The van der Waals surface area contributed by atoms with Crippen LogP contribution < -0.4 is 19.5 Å². The molecule has 1 unspecified atom stereocenters. The lowest BCUT2D eigenvalue weighted by molar-refractivity contribution is 0.194. The number of methoxy groups -OCH3 is 3. The van der Waals surface area contributed by atoms with Gasteiger partial charge in [0.05, 0.1) is 33.1 Å². The average Bonchev–Trinajstić information content (AvgIpc) is 2.69. The van der Waals surface area contributed by atoms with Crippen molar-refractivity contribution in [2.24, 2.45) is 0 Å². The number of hydrogen-bond acceptors (Lipinski definition) is 6. The van der Waals surface area contributed by atoms with Crippen LogP contribution in [0.2, 0.25) is 0 Å². The Kier molecular flexibility index (Phi) is 5.96. The van der Waals surface area contributed by atoms with Gasteiger partial charge >= 0.3 is 0 Å². The Hall–Kier alpha value is -2.31. The molecule has 2 aromatic rings. The lowest BCUT2D eigenvalue weighted by atomic mass is 9.99. The lowest BCUT2D eigenvalue weighted by Crippen LogP contribution is -2.45. The summed E-state index contributed by atoms with van der Waals surface area (Å²) in [5.41, 5.74) is 3.25. The zero-order valence-electron chi connectivity index (χ0n) is 15.9. The molecule has 1 atom stereocenters. The van der Waals surface area contributed by atoms with Crippen molar-refractivity contribution in [3.05, 3.63) is 47.3 Å². The molecule has 1 fully saturated rings. The number of piperazine rings is 1. The van der Waals surface area contributed by atoms with E-state index in [2.05, 4.69) is 29.3 Å². The maximum atomic E-state index is 5.56. The minimum atomic E-state index is 0.0337. The van der Waals surface area contributed by atoms with E-state index in [1.165, 1.54) is 0 Å². The fourth-order valence-electron chi connectivity index (χ4n) is 3.41. The largest absolute Gasteiger partial charge is 0.493 e. The van der Waals surface area contributed by atoms with E-state index in [1.54, 1.807) is 21.3 Å². The Morgan fingerprint density at radius 3 is 2.15 bits per heavy atom. The maximum absolute atomic E-state index is 5.56. The third-order valence-electron chi connectivity index (χ3n) is 4.73. The molecule has 1 saturated heterocycles. The van der Waals surface area contributed by atoms with E-state index in [4.69, 9.17) is 19.2 Å². The van der Waals surface area contributed by atoms with E-state index in [0.29, 0.717) is 17.2 Å². The molecular weight excluding hydrogens is 330 g/mol. The van der Waals surface area contributed by atoms with Crippen molar-refractivity contribution in [3.8, 4) is 17.2 Å². The summed E-state index contributed by atoms with van der Waals surface area (Å²) in [6, 6.07) is 8.29. The molecule has 0 saturated carbocycles. The second-order valence-electron chi connectivity index (χ2n) is 6.41. The molecule has 6 heteroatoms. The Morgan fingerprint density at radius 1 is 1.00 bits per heavy atom. The van der Waals surface area contributed by atoms with Gasteiger partial charge in [-0.05, 0) is 36.2 Å². The second-order valence-corrected chi connectivity index (χ2v) is 6.41. The van der Waals surface area contributed by atoms with Gasteiger partial charge in [-0.15, -0.1) is 0 Å². The first-order chi connectivity index (χ1) is 12.7. The van der Waals surface area contributed by atoms with Gasteiger partial charge in [0.2, 0.25) is 5.75 Å². The van der Waals surface area contributed by atoms with Crippen LogP contribution in [-0.4, -0.2) is 57.4 Å². The van der Waals surface area contributed by atoms with Gasteiger partial charge in [-0.25, -0.2) is 0 Å². The topological polar surface area (TPSA) is 55.9 Å². The SMILES string of the molecule is COc1cc(C(c2ccc(C)cn2)N2CCNCC2)cc(OC)c1OC. The van der Waals surface area contributed by atoms with Gasteiger partial charge in [-0.3, -0.25) is 9.88 Å². The van der Waals surface area contributed by atoms with Crippen molar-refractivity contribution in [2.75, 3.05) is 47.5 Å². The fourth-order valence-corrected chi connectivity index (χ4v) is 3.41. The van der Waals surface area contributed by atoms with Crippen LogP contribution >= 0.6 is 0 Å². The number of hydrogen-bond donors (Lipinski definition) is 1. The number of benzene rings is 1. The van der Waals surface area contributed by atoms with Crippen molar-refractivity contribution in [2.45, 2.75) is 13.0 Å². The molecule has 140 valence electrons. The number of aromatic nitrogens is 1. The number of aryl methyl sites for hydroxylation is 1. The molecule has 1 N–H and O–H groups in total. The number of nitrogens with zero attached hydrogens (tertiary/aromatic N) is 2. The molecule has 0 amide bonds. The van der Waals surface area contributed by atoms with Gasteiger partial charge in [0, 0.05) is 32.4 Å². The van der Waals surface area contributed by atoms with E-state index >= 15 is 0 Å². The zero-order chi connectivity index (χ0) is 18.5. The summed E-state index contributed by atoms with van der Waals surface area (Å²) in [6.45, 7) is 5.89. The summed E-state index contributed by atoms with van der Waals surface area (Å²) in [6.07, 6.45) is 1.92. The Morgan fingerprint density at radius 2 is 1.65 bits per heavy atom. The first-order valence-electron chi connectivity index (χ1n) is 8.85. The van der Waals surface area contributed by atoms with Crippen LogP contribution in [0.1, 0.15) is 22.9 Å². The summed E-state index contributed by atoms with van der Waals surface area (Å²) < 4.78 is 16.6. The van der Waals surface area contributed by atoms with Gasteiger partial charge in [0.25, 0.3) is 0 Å². The summed E-state index contributed by atoms with van der Waals surface area (Å²) in [4.78, 5) is 7.15. The highest BCUT2D eigenvalue weighted by Gasteiger charge is 2.27. The second kappa shape index (κ2) is 8.38. The first-order valence-corrected chi connectivity index (χ1v) is 8.85. The Balaban J connectivity index is 2.10. The Bertz CT molecular complexity index is 703. The van der Waals surface area contributed by atoms with Gasteiger partial charge in [0.1, 0.15) is 0 Å². The highest BCUT2D eigenvalue weighted by Crippen LogP contribution is 2.41. The molecule has 3 rings (SSSR count). The number of nitrogens with one attached hydrogen (secondary N) is 1. The quantitative estimate of drug-likeness (QED) is 0.857. The molecule has 0 radical (unpaired) electrons. The summed E-state index contributed by atoms with van der Waals surface area (Å²) in [7, 11) is 4.91. The van der Waals surface area contributed by atoms with Gasteiger partial charge < -0.3 is 19.5 Å². The average molecular weight is 357 g/mol. The van der Waals surface area contributed by atoms with Crippen molar-refractivity contribution in [3.63, 3.8) is 0 Å². The van der Waals surface area contributed by atoms with E-state index < -0.39 is 0 Å². The Labute approximate surface area is 155 Å². The van der Waals surface area contributed by atoms with Crippen molar-refractivity contribution in [1.82, 2.24) is 15.2 Å². The zero-order valence-corrected chi connectivity index (χ0v) is 15.9. The fraction of sp³-hybridized carbons (Fsp3) is 0.450. The van der Waals surface area contributed by atoms with Gasteiger partial charge in [-0.1, -0.05) is 6.07 Å². The molecule has 1 aromatic carbocycles. The summed E-state index contributed by atoms with van der Waals surface area (Å²) in [5, 5.41) is 3.41. The van der Waals surface area contributed by atoms with E-state index in [9.17, 15) is 0 Å². The molecule has 1 aliphatic heterocycles. The van der Waals surface area contributed by atoms with Crippen LogP contribution in [0.4, 0.5) is 0 Å². The lowest BCUT2D eigenvalue weighted by Gasteiger charge is -2.35. The smallest absolute Gasteiger partial charge is 0.203 e. The minimum Gasteiger partial charge on any atom is -0.493 e. The predicted molar refractivity (Wildman–Crippen MR) is 101 cm³/mol. The molecule has 0 spiro atoms. The summed E-state index contributed by atoms with van der Waals surface area (Å²) in [5.74, 6) is 1.93. The molecule has 6 nitrogen and oxygen atoms in total. The van der Waals surface area contributed by atoms with Crippen LogP contribution in [0, 0.1) is 6.92 Å². The summed E-state index contributed by atoms with van der Waals surface area (Å²) >= 11 is 0. The number of ether oxygens (including phenoxy) is 3. The van der Waals surface area contributed by atoms with Crippen molar-refractivity contribution < 1.29 is 14.2 Å². The van der Waals surface area contributed by atoms with Crippen LogP contribution in [0.5, 0.6) is 17.2 Å². The molecule has 0 aliphatic carbocycles. The van der Waals surface area contributed by atoms with Crippen LogP contribution in [-0.2, 0) is 0 Å². The van der Waals surface area contributed by atoms with Crippen LogP contribution in [0.3, 0.4) is 0 Å². The van der Waals surface area contributed by atoms with Gasteiger partial charge in [0.15, 0.2) is 11.5 Å². The highest BCUT2D eigenvalue weighted by molar-refractivity contribution is 5.55. The molecule has 2 heterocycles. The van der Waals surface area contributed by atoms with Crippen LogP contribution in [0.15, 0.2) is 30.5 Å². The highest BCUT2D eigenvalue weighted by atomic mass is 16.5. The molecule has 1 aliphatic rings. The molecule has 26 heavy (non-hydrogen) atoms. The van der Waals surface area contributed by atoms with Gasteiger partial charge in [-0.2, -0.15) is 0 Å². The third-order valence-corrected chi connectivity index (χ3v) is 4.73. The van der Waals surface area contributed by atoms with Crippen molar-refractivity contribution >= 4 is 0 Å². The first kappa shape index (κ1) is 18.5. The predicted octanol–water partition coefficient (Wildman–Crippen LogP) is 2.41. The van der Waals surface area contributed by atoms with Crippen molar-refractivity contribution in [1.29, 1.82) is 0 Å². The maximum Gasteiger partial charge on any atom is 0.203 e. The molecule has 1 aromatic heterocycles. The van der Waals surface area contributed by atoms with Crippen LogP contribution in [0.25, 0.3) is 0 Å². The molecular formula is C20H27N3O3. The number of pyridine rings is 1. The third kappa shape index (κ3) is 3.76. The standard InChI is InChI=1S/C20H27N3O3/c1-14-5-6-16(22-13-14)19(23-9-7-21-8-10-23)15-11-17(24-2)20(26-4)18(12-15)25-3/h5-6,11-13,19,21H,7-10H2,1-4H3. The number of rotatable bonds is 6.